The fourth-order valence-corrected chi connectivity index (χ4v) is 8.31. The summed E-state index contributed by atoms with van der Waals surface area (Å²) in [5.41, 5.74) is 6.13. The molecule has 2 aromatic carbocycles. The minimum Gasteiger partial charge on any atom is -0.491 e. The van der Waals surface area contributed by atoms with E-state index >= 15 is 0 Å². The van der Waals surface area contributed by atoms with Gasteiger partial charge in [0.2, 0.25) is 0 Å². The molecule has 1 unspecified atom stereocenters. The lowest BCUT2D eigenvalue weighted by Crippen LogP contribution is -2.36. The maximum Gasteiger partial charge on any atom is 0.410 e. The van der Waals surface area contributed by atoms with E-state index in [-0.39, 0.29) is 29.4 Å². The molecule has 2 aliphatic heterocycles. The van der Waals surface area contributed by atoms with Crippen molar-refractivity contribution in [3.63, 3.8) is 0 Å². The van der Waals surface area contributed by atoms with Crippen LogP contribution in [0.5, 0.6) is 5.75 Å². The average molecular weight is 724 g/mol. The van der Waals surface area contributed by atoms with Crippen LogP contribution in [-0.2, 0) is 21.1 Å². The number of nitrogens with zero attached hydrogens (tertiary/aromatic N) is 3. The summed E-state index contributed by atoms with van der Waals surface area (Å²) in [4.78, 5) is 36.7. The highest BCUT2D eigenvalue weighted by Crippen LogP contribution is 2.52. The fraction of sp³-hybridized carbons (Fsp3) is 0.526. The van der Waals surface area contributed by atoms with Crippen LogP contribution in [-0.4, -0.2) is 70.0 Å². The Balaban J connectivity index is 0.00000286. The topological polar surface area (TPSA) is 174 Å². The Morgan fingerprint density at radius 1 is 1.06 bits per heavy atom. The molecule has 51 heavy (non-hydrogen) atoms. The average Bonchev–Trinajstić information content (AvgIpc) is 3.85. The van der Waals surface area contributed by atoms with E-state index < -0.39 is 37.8 Å². The number of fused-ring (bicyclic) bond motifs is 11. The number of nitrogen functional groups attached to an aromatic ring is 1. The van der Waals surface area contributed by atoms with Crippen LogP contribution < -0.4 is 15.8 Å². The lowest BCUT2D eigenvalue weighted by molar-refractivity contribution is 0.0283. The molecule has 1 spiro atoms. The number of aromatic nitrogens is 2. The van der Waals surface area contributed by atoms with E-state index in [0.29, 0.717) is 60.5 Å². The Kier molecular flexibility index (Phi) is 12.4. The number of sulfone groups is 1. The van der Waals surface area contributed by atoms with Crippen LogP contribution in [0.3, 0.4) is 0 Å². The van der Waals surface area contributed by atoms with Crippen molar-refractivity contribution in [3.8, 4) is 17.0 Å². The van der Waals surface area contributed by atoms with E-state index in [9.17, 15) is 23.1 Å². The number of benzene rings is 2. The molecule has 1 atom stereocenters. The number of carbonyl (C=O) groups is 2. The molecule has 3 aliphatic rings. The maximum absolute atomic E-state index is 13.7. The summed E-state index contributed by atoms with van der Waals surface area (Å²) < 4.78 is 38.3. The second-order valence-electron chi connectivity index (χ2n) is 14.5. The van der Waals surface area contributed by atoms with Gasteiger partial charge in [0.05, 0.1) is 46.0 Å². The molecule has 6 rings (SSSR count). The molecule has 1 saturated carbocycles. The number of nitrogens with one attached hydrogen (secondary N) is 1. The van der Waals surface area contributed by atoms with Gasteiger partial charge < -0.3 is 30.5 Å². The molecule has 2 amide bonds. The van der Waals surface area contributed by atoms with E-state index in [1.54, 1.807) is 59.0 Å². The van der Waals surface area contributed by atoms with Crippen LogP contribution in [0.1, 0.15) is 109 Å². The van der Waals surface area contributed by atoms with Gasteiger partial charge in [0, 0.05) is 18.2 Å². The second-order valence-corrected chi connectivity index (χ2v) is 16.8. The monoisotopic (exact) mass is 723 g/mol. The van der Waals surface area contributed by atoms with E-state index in [0.717, 1.165) is 19.3 Å². The first-order chi connectivity index (χ1) is 24.0. The van der Waals surface area contributed by atoms with Crippen molar-refractivity contribution in [1.29, 1.82) is 0 Å². The molecule has 278 valence electrons. The third-order valence-corrected chi connectivity index (χ3v) is 11.5. The zero-order valence-corrected chi connectivity index (χ0v) is 31.7. The van der Waals surface area contributed by atoms with Crippen LogP contribution >= 0.6 is 0 Å². The van der Waals surface area contributed by atoms with Gasteiger partial charge >= 0.3 is 6.09 Å². The molecule has 4 bridgehead atoms. The predicted molar refractivity (Wildman–Crippen MR) is 198 cm³/mol. The first-order valence-corrected chi connectivity index (χ1v) is 19.2. The van der Waals surface area contributed by atoms with Crippen LogP contribution in [0.2, 0.25) is 0 Å². The van der Waals surface area contributed by atoms with E-state index in [1.165, 1.54) is 23.2 Å². The van der Waals surface area contributed by atoms with E-state index in [1.807, 2.05) is 19.9 Å². The van der Waals surface area contributed by atoms with Gasteiger partial charge in [-0.2, -0.15) is 0 Å². The molecule has 0 saturated heterocycles. The van der Waals surface area contributed by atoms with Crippen LogP contribution in [0.4, 0.5) is 16.3 Å². The zero-order valence-electron chi connectivity index (χ0n) is 30.9. The van der Waals surface area contributed by atoms with Gasteiger partial charge in [-0.3, -0.25) is 4.79 Å². The molecule has 3 heterocycles. The molecule has 12 nitrogen and oxygen atoms in total. The number of aliphatic hydroxyl groups is 1. The largest absolute Gasteiger partial charge is 0.491 e. The smallest absolute Gasteiger partial charge is 0.410 e. The Morgan fingerprint density at radius 2 is 1.73 bits per heavy atom. The Hall–Kier alpha value is -4.23. The highest BCUT2D eigenvalue weighted by Gasteiger charge is 2.57. The first-order valence-electron chi connectivity index (χ1n) is 17.7. The van der Waals surface area contributed by atoms with Crippen LogP contribution in [0.25, 0.3) is 11.3 Å². The summed E-state index contributed by atoms with van der Waals surface area (Å²) in [6, 6.07) is 11.6. The van der Waals surface area contributed by atoms with Crippen molar-refractivity contribution in [1.82, 2.24) is 14.9 Å². The minimum atomic E-state index is -3.70. The Bertz CT molecular complexity index is 1800. The van der Waals surface area contributed by atoms with Crippen molar-refractivity contribution >= 4 is 33.3 Å². The van der Waals surface area contributed by atoms with Gasteiger partial charge in [-0.1, -0.05) is 57.4 Å². The molecule has 0 radical (unpaired) electrons. The standard InChI is InChI=1S/C36H47N5O7S.C2H6/c1-34(2,3)48-33(43)41(5)22-25-11-10-12-27-30(25)47-20-9-7-6-8-17-35(4,44)23-36(18-19-36)49(45,46)26-15-13-24(14-16-26)28-21-38-31(37)29(39-28)32(42)40-27;1-2/h10-16,21,44H,6-9,17-20,22-23H2,1-5H3,(H2,37,38)(H,40,42);1-2H3. The Morgan fingerprint density at radius 3 is 2.37 bits per heavy atom. The molecule has 4 N–H and O–H groups in total. The first kappa shape index (κ1) is 39.6. The molecule has 3 aromatic rings. The highest BCUT2D eigenvalue weighted by atomic mass is 32.2. The minimum absolute atomic E-state index is 0.0825. The number of anilines is 2. The van der Waals surface area contributed by atoms with E-state index in [2.05, 4.69) is 15.3 Å². The van der Waals surface area contributed by atoms with Gasteiger partial charge in [-0.15, -0.1) is 0 Å². The highest BCUT2D eigenvalue weighted by molar-refractivity contribution is 7.93. The second kappa shape index (κ2) is 16.0. The normalized spacial score (nSPS) is 20.2. The predicted octanol–water partition coefficient (Wildman–Crippen LogP) is 7.16. The number of carbonyl (C=O) groups excluding carboxylic acids is 2. The van der Waals surface area contributed by atoms with Crippen molar-refractivity contribution in [3.05, 3.63) is 59.9 Å². The van der Waals surface area contributed by atoms with Crippen molar-refractivity contribution in [2.24, 2.45) is 0 Å². The summed E-state index contributed by atoms with van der Waals surface area (Å²) in [5.74, 6) is -0.287. The lowest BCUT2D eigenvalue weighted by atomic mass is 9.92. The third kappa shape index (κ3) is 9.76. The maximum atomic E-state index is 13.7. The molecule has 1 aromatic heterocycles. The van der Waals surface area contributed by atoms with Gasteiger partial charge in [0.15, 0.2) is 21.3 Å². The number of ether oxygens (including phenoxy) is 2. The van der Waals surface area contributed by atoms with Gasteiger partial charge in [-0.25, -0.2) is 23.2 Å². The van der Waals surface area contributed by atoms with Crippen molar-refractivity contribution in [2.75, 3.05) is 24.7 Å². The summed E-state index contributed by atoms with van der Waals surface area (Å²) in [7, 11) is -2.07. The fourth-order valence-electron chi connectivity index (χ4n) is 6.18. The summed E-state index contributed by atoms with van der Waals surface area (Å²) in [5, 5.41) is 14.1. The Labute approximate surface area is 302 Å². The quantitative estimate of drug-likeness (QED) is 0.246. The van der Waals surface area contributed by atoms with Gasteiger partial charge in [0.25, 0.3) is 5.91 Å². The summed E-state index contributed by atoms with van der Waals surface area (Å²) in [6.07, 6.45) is 5.65. The number of hydrogen-bond donors (Lipinski definition) is 3. The van der Waals surface area contributed by atoms with Gasteiger partial charge in [0.1, 0.15) is 11.4 Å². The van der Waals surface area contributed by atoms with Crippen LogP contribution in [0, 0.1) is 0 Å². The number of rotatable bonds is 2. The lowest BCUT2D eigenvalue weighted by Gasteiger charge is -2.29. The molecular formula is C38H53N5O7S. The van der Waals surface area contributed by atoms with Crippen LogP contribution in [0.15, 0.2) is 53.6 Å². The summed E-state index contributed by atoms with van der Waals surface area (Å²) in [6.45, 7) is 11.6. The molecule has 1 aliphatic carbocycles. The number of nitrogens with two attached hydrogens (primary N) is 1. The zero-order chi connectivity index (χ0) is 37.6. The number of para-hydroxylation sites is 1. The van der Waals surface area contributed by atoms with Gasteiger partial charge in [-0.05, 0) is 78.0 Å². The SMILES string of the molecule is CC.CN(Cc1cccc2c1OCCCCCCC(C)(O)CC1(CC1)S(=O)(=O)c1ccc(cc1)-c1cnc(N)c(n1)C(=O)N2)C(=O)OC(C)(C)C. The summed E-state index contributed by atoms with van der Waals surface area (Å²) >= 11 is 0. The van der Waals surface area contributed by atoms with Crippen molar-refractivity contribution in [2.45, 2.75) is 120 Å². The molecule has 1 fully saturated rings. The molecular weight excluding hydrogens is 671 g/mol. The number of amides is 2. The third-order valence-electron chi connectivity index (χ3n) is 8.87. The van der Waals surface area contributed by atoms with E-state index in [4.69, 9.17) is 15.2 Å². The molecule has 13 heteroatoms. The van der Waals surface area contributed by atoms with Crippen molar-refractivity contribution < 1.29 is 32.6 Å². The number of hydrogen-bond acceptors (Lipinski definition) is 10.